The fraction of sp³-hybridized carbons (Fsp3) is 0.615. The van der Waals surface area contributed by atoms with E-state index in [1.165, 1.54) is 12.0 Å². The molecule has 1 N–H and O–H groups in total. The predicted molar refractivity (Wildman–Crippen MR) is 71.7 cm³/mol. The number of hydrogen-bond donors (Lipinski definition) is 1. The normalized spacial score (nSPS) is 22.6. The zero-order valence-electron chi connectivity index (χ0n) is 12.3. The lowest BCUT2D eigenvalue weighted by molar-refractivity contribution is -0.173. The molecule has 1 aliphatic rings. The van der Waals surface area contributed by atoms with Crippen LogP contribution in [0.3, 0.4) is 0 Å². The molecule has 0 aliphatic carbocycles. The number of ether oxygens (including phenoxy) is 2. The van der Waals surface area contributed by atoms with Crippen molar-refractivity contribution in [2.75, 3.05) is 26.9 Å². The Labute approximate surface area is 122 Å². The third kappa shape index (κ3) is 3.06. The SMILES string of the molecule is COCCN1C(=O)COC(C(=O)O)C1c1cn(C)nc1C. The van der Waals surface area contributed by atoms with E-state index in [2.05, 4.69) is 5.10 Å². The van der Waals surface area contributed by atoms with Gasteiger partial charge in [-0.1, -0.05) is 0 Å². The largest absolute Gasteiger partial charge is 0.479 e. The highest BCUT2D eigenvalue weighted by Crippen LogP contribution is 2.31. The molecule has 8 heteroatoms. The molecule has 8 nitrogen and oxygen atoms in total. The van der Waals surface area contributed by atoms with Gasteiger partial charge in [0, 0.05) is 32.5 Å². The van der Waals surface area contributed by atoms with Gasteiger partial charge in [-0.2, -0.15) is 5.10 Å². The molecular formula is C13H19N3O5. The molecule has 0 aromatic carbocycles. The Morgan fingerprint density at radius 3 is 2.86 bits per heavy atom. The van der Waals surface area contributed by atoms with Gasteiger partial charge in [-0.05, 0) is 6.92 Å². The second-order valence-corrected chi connectivity index (χ2v) is 4.94. The van der Waals surface area contributed by atoms with Gasteiger partial charge in [-0.15, -0.1) is 0 Å². The van der Waals surface area contributed by atoms with Crippen LogP contribution in [0.2, 0.25) is 0 Å². The lowest BCUT2D eigenvalue weighted by Crippen LogP contribution is -2.52. The summed E-state index contributed by atoms with van der Waals surface area (Å²) in [6, 6.07) is -0.701. The first kappa shape index (κ1) is 15.5. The first-order chi connectivity index (χ1) is 9.95. The van der Waals surface area contributed by atoms with E-state index in [4.69, 9.17) is 9.47 Å². The highest BCUT2D eigenvalue weighted by atomic mass is 16.5. The monoisotopic (exact) mass is 297 g/mol. The number of rotatable bonds is 5. The maximum Gasteiger partial charge on any atom is 0.335 e. The van der Waals surface area contributed by atoms with Crippen molar-refractivity contribution in [1.82, 2.24) is 14.7 Å². The molecule has 0 saturated carbocycles. The van der Waals surface area contributed by atoms with E-state index in [-0.39, 0.29) is 12.5 Å². The number of aryl methyl sites for hydroxylation is 2. The first-order valence-electron chi connectivity index (χ1n) is 6.58. The molecule has 2 atom stereocenters. The predicted octanol–water partition coefficient (Wildman–Crippen LogP) is -0.272. The van der Waals surface area contributed by atoms with Crippen LogP contribution in [0.1, 0.15) is 17.3 Å². The van der Waals surface area contributed by atoms with Crippen LogP contribution in [-0.4, -0.2) is 64.6 Å². The van der Waals surface area contributed by atoms with Crippen LogP contribution in [0.4, 0.5) is 0 Å². The summed E-state index contributed by atoms with van der Waals surface area (Å²) in [6.45, 7) is 2.17. The molecule has 2 unspecified atom stereocenters. The second-order valence-electron chi connectivity index (χ2n) is 4.94. The van der Waals surface area contributed by atoms with Crippen molar-refractivity contribution < 1.29 is 24.2 Å². The van der Waals surface area contributed by atoms with Crippen molar-refractivity contribution in [2.45, 2.75) is 19.1 Å². The van der Waals surface area contributed by atoms with Crippen LogP contribution in [-0.2, 0) is 26.1 Å². The van der Waals surface area contributed by atoms with Crippen LogP contribution < -0.4 is 0 Å². The smallest absolute Gasteiger partial charge is 0.335 e. The van der Waals surface area contributed by atoms with Crippen LogP contribution in [0.15, 0.2) is 6.20 Å². The number of hydrogen-bond acceptors (Lipinski definition) is 5. The molecule has 2 heterocycles. The Hall–Kier alpha value is -1.93. The zero-order chi connectivity index (χ0) is 15.6. The van der Waals surface area contributed by atoms with Gasteiger partial charge in [0.1, 0.15) is 6.61 Å². The number of carbonyl (C=O) groups excluding carboxylic acids is 1. The van der Waals surface area contributed by atoms with Crippen molar-refractivity contribution in [2.24, 2.45) is 7.05 Å². The average Bonchev–Trinajstić information content (AvgIpc) is 2.75. The summed E-state index contributed by atoms with van der Waals surface area (Å²) >= 11 is 0. The van der Waals surface area contributed by atoms with Crippen molar-refractivity contribution in [1.29, 1.82) is 0 Å². The molecule has 1 saturated heterocycles. The van der Waals surface area contributed by atoms with Crippen LogP contribution >= 0.6 is 0 Å². The number of carboxylic acid groups (broad SMARTS) is 1. The summed E-state index contributed by atoms with van der Waals surface area (Å²) in [4.78, 5) is 25.1. The zero-order valence-corrected chi connectivity index (χ0v) is 12.3. The van der Waals surface area contributed by atoms with Gasteiger partial charge in [-0.3, -0.25) is 9.48 Å². The molecule has 21 heavy (non-hydrogen) atoms. The maximum atomic E-state index is 12.1. The topological polar surface area (TPSA) is 93.9 Å². The van der Waals surface area contributed by atoms with Gasteiger partial charge in [0.15, 0.2) is 6.10 Å². The Morgan fingerprint density at radius 2 is 2.33 bits per heavy atom. The van der Waals surface area contributed by atoms with Crippen LogP contribution in [0, 0.1) is 6.92 Å². The van der Waals surface area contributed by atoms with E-state index in [1.807, 2.05) is 0 Å². The number of carboxylic acids is 1. The highest BCUT2D eigenvalue weighted by molar-refractivity contribution is 5.83. The fourth-order valence-electron chi connectivity index (χ4n) is 2.55. The molecule has 1 aliphatic heterocycles. The van der Waals surface area contributed by atoms with Crippen molar-refractivity contribution in [3.63, 3.8) is 0 Å². The lowest BCUT2D eigenvalue weighted by atomic mass is 9.98. The first-order valence-corrected chi connectivity index (χ1v) is 6.58. The summed E-state index contributed by atoms with van der Waals surface area (Å²) in [5.41, 5.74) is 1.35. The summed E-state index contributed by atoms with van der Waals surface area (Å²) in [7, 11) is 3.28. The van der Waals surface area contributed by atoms with E-state index in [9.17, 15) is 14.7 Å². The minimum atomic E-state index is -1.11. The van der Waals surface area contributed by atoms with Crippen LogP contribution in [0.25, 0.3) is 0 Å². The molecular weight excluding hydrogens is 278 g/mol. The highest BCUT2D eigenvalue weighted by Gasteiger charge is 2.43. The average molecular weight is 297 g/mol. The number of carbonyl (C=O) groups is 2. The molecule has 1 aromatic heterocycles. The molecule has 0 bridgehead atoms. The third-order valence-corrected chi connectivity index (χ3v) is 3.48. The van der Waals surface area contributed by atoms with Crippen molar-refractivity contribution >= 4 is 11.9 Å². The number of nitrogens with zero attached hydrogens (tertiary/aromatic N) is 3. The molecule has 0 radical (unpaired) electrons. The fourth-order valence-corrected chi connectivity index (χ4v) is 2.55. The van der Waals surface area contributed by atoms with E-state index in [0.29, 0.717) is 24.4 Å². The molecule has 1 amide bonds. The summed E-state index contributed by atoms with van der Waals surface area (Å²) in [5, 5.41) is 13.6. The molecule has 2 rings (SSSR count). The molecule has 1 aromatic rings. The quantitative estimate of drug-likeness (QED) is 0.804. The Balaban J connectivity index is 2.41. The number of methoxy groups -OCH3 is 1. The van der Waals surface area contributed by atoms with Gasteiger partial charge < -0.3 is 19.5 Å². The Morgan fingerprint density at radius 1 is 1.62 bits per heavy atom. The van der Waals surface area contributed by atoms with Crippen LogP contribution in [0.5, 0.6) is 0 Å². The maximum absolute atomic E-state index is 12.1. The lowest BCUT2D eigenvalue weighted by Gasteiger charge is -2.39. The van der Waals surface area contributed by atoms with Crippen molar-refractivity contribution in [3.05, 3.63) is 17.5 Å². The van der Waals surface area contributed by atoms with E-state index < -0.39 is 18.1 Å². The second kappa shape index (κ2) is 6.23. The number of aromatic nitrogens is 2. The van der Waals surface area contributed by atoms with Gasteiger partial charge in [0.05, 0.1) is 18.3 Å². The van der Waals surface area contributed by atoms with E-state index in [1.54, 1.807) is 24.9 Å². The Bertz CT molecular complexity index is 542. The standard InChI is InChI=1S/C13H19N3O5/c1-8-9(6-15(2)14-8)11-12(13(18)19)21-7-10(17)16(11)4-5-20-3/h6,11-12H,4-5,7H2,1-3H3,(H,18,19). The molecule has 0 spiro atoms. The van der Waals surface area contributed by atoms with Gasteiger partial charge in [0.2, 0.25) is 5.91 Å². The van der Waals surface area contributed by atoms with E-state index in [0.717, 1.165) is 0 Å². The van der Waals surface area contributed by atoms with E-state index >= 15 is 0 Å². The molecule has 1 fully saturated rings. The van der Waals surface area contributed by atoms with Gasteiger partial charge in [-0.25, -0.2) is 4.79 Å². The van der Waals surface area contributed by atoms with Gasteiger partial charge >= 0.3 is 5.97 Å². The minimum absolute atomic E-state index is 0.240. The van der Waals surface area contributed by atoms with Gasteiger partial charge in [0.25, 0.3) is 0 Å². The third-order valence-electron chi connectivity index (χ3n) is 3.48. The number of amides is 1. The number of aliphatic carboxylic acids is 1. The minimum Gasteiger partial charge on any atom is -0.479 e. The molecule has 116 valence electrons. The van der Waals surface area contributed by atoms with Crippen molar-refractivity contribution in [3.8, 4) is 0 Å². The summed E-state index contributed by atoms with van der Waals surface area (Å²) in [6.07, 6.45) is 0.611. The summed E-state index contributed by atoms with van der Waals surface area (Å²) < 4.78 is 11.8. The Kier molecular flexibility index (Phi) is 4.59. The number of morpholine rings is 1. The summed E-state index contributed by atoms with van der Waals surface area (Å²) in [5.74, 6) is -1.35.